The molecular formula is C20H26N4O. The molecule has 1 unspecified atom stereocenters. The van der Waals surface area contributed by atoms with Crippen molar-refractivity contribution in [3.63, 3.8) is 0 Å². The fourth-order valence-electron chi connectivity index (χ4n) is 3.10. The van der Waals surface area contributed by atoms with Crippen molar-refractivity contribution < 1.29 is 4.79 Å². The molecule has 5 heteroatoms. The summed E-state index contributed by atoms with van der Waals surface area (Å²) >= 11 is 0. The van der Waals surface area contributed by atoms with Gasteiger partial charge in [0.05, 0.1) is 0 Å². The van der Waals surface area contributed by atoms with Crippen LogP contribution in [0.3, 0.4) is 0 Å². The molecule has 1 aliphatic heterocycles. The first-order valence-corrected chi connectivity index (χ1v) is 8.80. The molecule has 0 aliphatic carbocycles. The fraction of sp³-hybridized carbons (Fsp3) is 0.400. The third-order valence-electron chi connectivity index (χ3n) is 4.76. The molecule has 25 heavy (non-hydrogen) atoms. The first-order chi connectivity index (χ1) is 12.1. The van der Waals surface area contributed by atoms with Crippen molar-refractivity contribution in [1.29, 1.82) is 0 Å². The number of hydrogen-bond acceptors (Lipinski definition) is 4. The summed E-state index contributed by atoms with van der Waals surface area (Å²) < 4.78 is 0. The summed E-state index contributed by atoms with van der Waals surface area (Å²) in [6, 6.07) is 14.3. The Labute approximate surface area is 149 Å². The highest BCUT2D eigenvalue weighted by Gasteiger charge is 2.30. The third kappa shape index (κ3) is 3.99. The van der Waals surface area contributed by atoms with Crippen LogP contribution in [0.4, 0.5) is 5.82 Å². The summed E-state index contributed by atoms with van der Waals surface area (Å²) in [5.74, 6) is 1.04. The predicted molar refractivity (Wildman–Crippen MR) is 100 cm³/mol. The summed E-state index contributed by atoms with van der Waals surface area (Å²) in [5, 5.41) is 2.98. The van der Waals surface area contributed by atoms with Crippen molar-refractivity contribution in [3.8, 4) is 0 Å². The number of carbonyl (C=O) groups is 1. The van der Waals surface area contributed by atoms with Crippen molar-refractivity contribution in [2.45, 2.75) is 32.5 Å². The van der Waals surface area contributed by atoms with Crippen molar-refractivity contribution in [3.05, 3.63) is 59.8 Å². The Morgan fingerprint density at radius 1 is 1.24 bits per heavy atom. The highest BCUT2D eigenvalue weighted by Crippen LogP contribution is 2.25. The van der Waals surface area contributed by atoms with E-state index in [0.717, 1.165) is 23.5 Å². The highest BCUT2D eigenvalue weighted by molar-refractivity contribution is 5.83. The number of benzene rings is 1. The first-order valence-electron chi connectivity index (χ1n) is 8.80. The van der Waals surface area contributed by atoms with E-state index in [4.69, 9.17) is 0 Å². The standard InChI is InChI=1S/C20H26N4O/c1-15(2)23(3)18-10-9-16(13-22-18)14-24-12-11-21-20(25)19(24)17-7-5-4-6-8-17/h4-10,13,15,19H,11-12,14H2,1-3H3,(H,21,25). The molecule has 1 N–H and O–H groups in total. The van der Waals surface area contributed by atoms with Gasteiger partial charge in [0.25, 0.3) is 0 Å². The third-order valence-corrected chi connectivity index (χ3v) is 4.76. The molecule has 5 nitrogen and oxygen atoms in total. The normalized spacial score (nSPS) is 18.2. The lowest BCUT2D eigenvalue weighted by molar-refractivity contribution is -0.129. The molecule has 1 amide bonds. The molecule has 0 radical (unpaired) electrons. The zero-order valence-corrected chi connectivity index (χ0v) is 15.1. The van der Waals surface area contributed by atoms with E-state index in [1.54, 1.807) is 0 Å². The number of aromatic nitrogens is 1. The Morgan fingerprint density at radius 3 is 2.64 bits per heavy atom. The summed E-state index contributed by atoms with van der Waals surface area (Å²) in [6.45, 7) is 6.52. The van der Waals surface area contributed by atoms with E-state index in [2.05, 4.69) is 46.1 Å². The summed E-state index contributed by atoms with van der Waals surface area (Å²) in [4.78, 5) is 21.4. The number of hydrogen-bond donors (Lipinski definition) is 1. The number of carbonyl (C=O) groups excluding carboxylic acids is 1. The molecule has 0 saturated carbocycles. The number of anilines is 1. The SMILES string of the molecule is CC(C)N(C)c1ccc(CN2CCNC(=O)C2c2ccccc2)cn1. The van der Waals surface area contributed by atoms with E-state index in [-0.39, 0.29) is 11.9 Å². The minimum atomic E-state index is -0.243. The number of amides is 1. The van der Waals surface area contributed by atoms with Gasteiger partial charge in [0.2, 0.25) is 5.91 Å². The van der Waals surface area contributed by atoms with Crippen molar-refractivity contribution >= 4 is 11.7 Å². The average Bonchev–Trinajstić information content (AvgIpc) is 2.62. The van der Waals surface area contributed by atoms with E-state index in [1.165, 1.54) is 0 Å². The molecular weight excluding hydrogens is 312 g/mol. The Balaban J connectivity index is 1.77. The molecule has 1 atom stereocenters. The van der Waals surface area contributed by atoms with Gasteiger partial charge in [-0.15, -0.1) is 0 Å². The van der Waals surface area contributed by atoms with Crippen LogP contribution in [0.1, 0.15) is 31.0 Å². The molecule has 0 bridgehead atoms. The molecule has 3 rings (SSSR count). The van der Waals surface area contributed by atoms with Gasteiger partial charge >= 0.3 is 0 Å². The second kappa shape index (κ2) is 7.66. The van der Waals surface area contributed by atoms with Crippen molar-refractivity contribution in [2.24, 2.45) is 0 Å². The summed E-state index contributed by atoms with van der Waals surface area (Å²) in [5.41, 5.74) is 2.15. The lowest BCUT2D eigenvalue weighted by Gasteiger charge is -2.35. The monoisotopic (exact) mass is 338 g/mol. The average molecular weight is 338 g/mol. The largest absolute Gasteiger partial charge is 0.357 e. The van der Waals surface area contributed by atoms with Gasteiger partial charge in [0.15, 0.2) is 0 Å². The van der Waals surface area contributed by atoms with Gasteiger partial charge in [-0.1, -0.05) is 36.4 Å². The lowest BCUT2D eigenvalue weighted by atomic mass is 10.0. The van der Waals surface area contributed by atoms with Crippen LogP contribution in [0, 0.1) is 0 Å². The maximum Gasteiger partial charge on any atom is 0.242 e. The van der Waals surface area contributed by atoms with Crippen LogP contribution in [0.5, 0.6) is 0 Å². The van der Waals surface area contributed by atoms with E-state index in [0.29, 0.717) is 19.1 Å². The number of nitrogens with zero attached hydrogens (tertiary/aromatic N) is 3. The molecule has 1 aromatic heterocycles. The second-order valence-electron chi connectivity index (χ2n) is 6.80. The minimum Gasteiger partial charge on any atom is -0.357 e. The van der Waals surface area contributed by atoms with Gasteiger partial charge in [-0.05, 0) is 31.0 Å². The van der Waals surface area contributed by atoms with Crippen LogP contribution in [0.15, 0.2) is 48.7 Å². The van der Waals surface area contributed by atoms with Gasteiger partial charge in [0, 0.05) is 38.9 Å². The molecule has 1 fully saturated rings. The number of piperazine rings is 1. The maximum atomic E-state index is 12.4. The van der Waals surface area contributed by atoms with Crippen LogP contribution >= 0.6 is 0 Å². The van der Waals surface area contributed by atoms with Crippen LogP contribution in [-0.2, 0) is 11.3 Å². The topological polar surface area (TPSA) is 48.5 Å². The summed E-state index contributed by atoms with van der Waals surface area (Å²) in [6.07, 6.45) is 1.92. The number of rotatable bonds is 5. The van der Waals surface area contributed by atoms with Gasteiger partial charge < -0.3 is 10.2 Å². The summed E-state index contributed by atoms with van der Waals surface area (Å²) in [7, 11) is 2.05. The van der Waals surface area contributed by atoms with Crippen LogP contribution in [0.25, 0.3) is 0 Å². The van der Waals surface area contributed by atoms with Crippen LogP contribution < -0.4 is 10.2 Å². The number of pyridine rings is 1. The number of nitrogens with one attached hydrogen (secondary N) is 1. The highest BCUT2D eigenvalue weighted by atomic mass is 16.2. The molecule has 2 heterocycles. The molecule has 1 saturated heterocycles. The molecule has 1 aromatic carbocycles. The predicted octanol–water partition coefficient (Wildman–Crippen LogP) is 2.60. The first kappa shape index (κ1) is 17.4. The smallest absolute Gasteiger partial charge is 0.242 e. The van der Waals surface area contributed by atoms with Gasteiger partial charge in [-0.3, -0.25) is 9.69 Å². The Kier molecular flexibility index (Phi) is 5.34. The second-order valence-corrected chi connectivity index (χ2v) is 6.80. The Morgan fingerprint density at radius 2 is 2.00 bits per heavy atom. The Bertz CT molecular complexity index is 699. The van der Waals surface area contributed by atoms with Crippen LogP contribution in [-0.4, -0.2) is 42.0 Å². The van der Waals surface area contributed by atoms with E-state index >= 15 is 0 Å². The zero-order valence-electron chi connectivity index (χ0n) is 15.1. The van der Waals surface area contributed by atoms with Gasteiger partial charge in [0.1, 0.15) is 11.9 Å². The van der Waals surface area contributed by atoms with Gasteiger partial charge in [-0.2, -0.15) is 0 Å². The van der Waals surface area contributed by atoms with E-state index < -0.39 is 0 Å². The maximum absolute atomic E-state index is 12.4. The molecule has 1 aliphatic rings. The van der Waals surface area contributed by atoms with Crippen molar-refractivity contribution in [1.82, 2.24) is 15.2 Å². The van der Waals surface area contributed by atoms with Crippen LogP contribution in [0.2, 0.25) is 0 Å². The fourth-order valence-corrected chi connectivity index (χ4v) is 3.10. The quantitative estimate of drug-likeness (QED) is 0.910. The molecule has 2 aromatic rings. The van der Waals surface area contributed by atoms with E-state index in [9.17, 15) is 4.79 Å². The van der Waals surface area contributed by atoms with E-state index in [1.807, 2.05) is 43.6 Å². The lowest BCUT2D eigenvalue weighted by Crippen LogP contribution is -2.49. The molecule has 132 valence electrons. The minimum absolute atomic E-state index is 0.0709. The Hall–Kier alpha value is -2.40. The van der Waals surface area contributed by atoms with Gasteiger partial charge in [-0.25, -0.2) is 4.98 Å². The molecule has 0 spiro atoms. The van der Waals surface area contributed by atoms with Crippen molar-refractivity contribution in [2.75, 3.05) is 25.0 Å². The zero-order chi connectivity index (χ0) is 17.8.